The number of aromatic nitrogens is 1. The summed E-state index contributed by atoms with van der Waals surface area (Å²) in [6.45, 7) is 0.250. The van der Waals surface area contributed by atoms with E-state index >= 15 is 0 Å². The van der Waals surface area contributed by atoms with Gasteiger partial charge in [0.25, 0.3) is 5.91 Å². The summed E-state index contributed by atoms with van der Waals surface area (Å²) in [6, 6.07) is 9.08. The Bertz CT molecular complexity index is 962. The molecule has 2 N–H and O–H groups in total. The highest BCUT2D eigenvalue weighted by Gasteiger charge is 2.32. The molecule has 2 atom stereocenters. The van der Waals surface area contributed by atoms with Gasteiger partial charge in [-0.3, -0.25) is 9.78 Å². The lowest BCUT2D eigenvalue weighted by Gasteiger charge is -2.24. The van der Waals surface area contributed by atoms with Crippen LogP contribution in [0.5, 0.6) is 0 Å². The van der Waals surface area contributed by atoms with E-state index in [9.17, 15) is 22.7 Å². The van der Waals surface area contributed by atoms with Gasteiger partial charge in [0.1, 0.15) is 22.6 Å². The number of sulfone groups is 1. The Kier molecular flexibility index (Phi) is 8.21. The fraction of sp³-hybridized carbons (Fsp3) is 0.400. The number of aliphatic hydroxyl groups excluding tert-OH is 1. The van der Waals surface area contributed by atoms with Crippen LogP contribution in [0.15, 0.2) is 42.6 Å². The predicted molar refractivity (Wildman–Crippen MR) is 116 cm³/mol. The van der Waals surface area contributed by atoms with Crippen molar-refractivity contribution < 1.29 is 22.7 Å². The minimum Gasteiger partial charge on any atom is -0.386 e. The number of benzene rings is 1. The molecule has 10 heteroatoms. The lowest BCUT2D eigenvalue weighted by Crippen LogP contribution is -2.46. The first-order chi connectivity index (χ1) is 13.9. The summed E-state index contributed by atoms with van der Waals surface area (Å²) in [5.41, 5.74) is 2.69. The molecule has 0 unspecified atom stereocenters. The molecule has 0 aliphatic carbocycles. The van der Waals surface area contributed by atoms with Crippen molar-refractivity contribution in [2.45, 2.75) is 29.8 Å². The number of alkyl halides is 3. The summed E-state index contributed by atoms with van der Waals surface area (Å²) in [5.74, 6) is -0.767. The molecule has 164 valence electrons. The zero-order valence-corrected chi connectivity index (χ0v) is 18.8. The van der Waals surface area contributed by atoms with Crippen molar-refractivity contribution in [1.29, 1.82) is 0 Å². The van der Waals surface area contributed by atoms with Gasteiger partial charge in [0.05, 0.1) is 11.8 Å². The molecule has 0 bridgehead atoms. The molecular weight excluding hydrogens is 454 g/mol. The van der Waals surface area contributed by atoms with E-state index in [2.05, 4.69) is 10.3 Å². The van der Waals surface area contributed by atoms with E-state index in [0.717, 1.165) is 11.1 Å². The number of halogens is 3. The van der Waals surface area contributed by atoms with Crippen LogP contribution in [0.2, 0.25) is 0 Å². The van der Waals surface area contributed by atoms with Crippen LogP contribution < -0.4 is 5.32 Å². The summed E-state index contributed by atoms with van der Waals surface area (Å²) >= 11 is 11.4. The molecule has 0 aliphatic rings. The van der Waals surface area contributed by atoms with Crippen LogP contribution in [0.25, 0.3) is 11.1 Å². The van der Waals surface area contributed by atoms with E-state index in [1.165, 1.54) is 13.2 Å². The van der Waals surface area contributed by atoms with Crippen molar-refractivity contribution in [3.63, 3.8) is 0 Å². The largest absolute Gasteiger partial charge is 0.386 e. The topological polar surface area (TPSA) is 96.4 Å². The average Bonchev–Trinajstić information content (AvgIpc) is 2.69. The molecule has 1 heterocycles. The van der Waals surface area contributed by atoms with Gasteiger partial charge in [-0.1, -0.05) is 53.5 Å². The number of nitrogens with one attached hydrogen (secondary N) is 1. The molecule has 2 aromatic rings. The number of carbonyl (C=O) groups is 1. The number of pyridine rings is 1. The monoisotopic (exact) mass is 476 g/mol. The summed E-state index contributed by atoms with van der Waals surface area (Å²) in [6.07, 6.45) is 1.86. The fourth-order valence-electron chi connectivity index (χ4n) is 2.64. The van der Waals surface area contributed by atoms with Crippen LogP contribution in [0.1, 0.15) is 24.3 Å². The second-order valence-electron chi connectivity index (χ2n) is 7.11. The Labute approximate surface area is 185 Å². The standard InChI is InChI=1S/C20H23Cl2FN2O4S/c1-20(21,22)19(27)25-17(11-23)18(26)14-5-3-13(4-6-14)15-7-8-16(24-12-15)9-10-30(2,28)29/h3-8,12,17-18,26H,9-11H2,1-2H3,(H,25,27)/t17-,18-/m1/s1. The predicted octanol–water partition coefficient (Wildman–Crippen LogP) is 3.02. The third-order valence-electron chi connectivity index (χ3n) is 4.40. The summed E-state index contributed by atoms with van der Waals surface area (Å²) < 4.78 is 34.1. The molecule has 2 rings (SSSR count). The maximum atomic E-state index is 13.4. The van der Waals surface area contributed by atoms with Crippen LogP contribution in [0, 0.1) is 0 Å². The first-order valence-corrected chi connectivity index (χ1v) is 11.9. The van der Waals surface area contributed by atoms with Crippen molar-refractivity contribution in [3.05, 3.63) is 53.9 Å². The second kappa shape index (κ2) is 10.0. The number of hydrogen-bond donors (Lipinski definition) is 2. The molecular formula is C20H23Cl2FN2O4S. The third kappa shape index (κ3) is 7.19. The lowest BCUT2D eigenvalue weighted by molar-refractivity contribution is -0.123. The molecule has 0 fully saturated rings. The van der Waals surface area contributed by atoms with Gasteiger partial charge in [-0.05, 0) is 24.1 Å². The second-order valence-corrected chi connectivity index (χ2v) is 11.1. The van der Waals surface area contributed by atoms with Crippen molar-refractivity contribution in [1.82, 2.24) is 10.3 Å². The summed E-state index contributed by atoms with van der Waals surface area (Å²) in [7, 11) is -3.05. The van der Waals surface area contributed by atoms with Crippen LogP contribution >= 0.6 is 23.2 Å². The molecule has 0 radical (unpaired) electrons. The van der Waals surface area contributed by atoms with Crippen molar-refractivity contribution >= 4 is 38.9 Å². The first-order valence-electron chi connectivity index (χ1n) is 9.06. The molecule has 1 amide bonds. The smallest absolute Gasteiger partial charge is 0.256 e. The van der Waals surface area contributed by atoms with Gasteiger partial charge in [0, 0.05) is 30.1 Å². The maximum absolute atomic E-state index is 13.4. The van der Waals surface area contributed by atoms with Gasteiger partial charge in [0.2, 0.25) is 0 Å². The van der Waals surface area contributed by atoms with Gasteiger partial charge in [-0.2, -0.15) is 0 Å². The van der Waals surface area contributed by atoms with Crippen molar-refractivity contribution in [2.24, 2.45) is 0 Å². The highest BCUT2D eigenvalue weighted by atomic mass is 35.5. The Morgan fingerprint density at radius 3 is 2.27 bits per heavy atom. The van der Waals surface area contributed by atoms with Crippen LogP contribution in [-0.2, 0) is 21.1 Å². The van der Waals surface area contributed by atoms with Crippen LogP contribution in [0.3, 0.4) is 0 Å². The number of hydrogen-bond acceptors (Lipinski definition) is 5. The minimum absolute atomic E-state index is 0.0325. The van der Waals surface area contributed by atoms with E-state index in [1.807, 2.05) is 6.07 Å². The molecule has 30 heavy (non-hydrogen) atoms. The number of aliphatic hydroxyl groups is 1. The molecule has 0 spiro atoms. The molecule has 0 saturated carbocycles. The number of aryl methyl sites for hydroxylation is 1. The average molecular weight is 477 g/mol. The van der Waals surface area contributed by atoms with E-state index in [-0.39, 0.29) is 5.75 Å². The molecule has 1 aromatic carbocycles. The highest BCUT2D eigenvalue weighted by molar-refractivity contribution is 7.90. The maximum Gasteiger partial charge on any atom is 0.256 e. The van der Waals surface area contributed by atoms with Gasteiger partial charge < -0.3 is 10.4 Å². The lowest BCUT2D eigenvalue weighted by atomic mass is 9.99. The van der Waals surface area contributed by atoms with Crippen molar-refractivity contribution in [3.8, 4) is 11.1 Å². The highest BCUT2D eigenvalue weighted by Crippen LogP contribution is 2.25. The van der Waals surface area contributed by atoms with Crippen LogP contribution in [-0.4, -0.2) is 53.5 Å². The van der Waals surface area contributed by atoms with E-state index in [1.54, 1.807) is 36.5 Å². The molecule has 1 aromatic heterocycles. The van der Waals surface area contributed by atoms with Gasteiger partial charge >= 0.3 is 0 Å². The van der Waals surface area contributed by atoms with E-state index in [0.29, 0.717) is 17.7 Å². The minimum atomic E-state index is -3.05. The summed E-state index contributed by atoms with van der Waals surface area (Å²) in [4.78, 5) is 16.1. The van der Waals surface area contributed by atoms with E-state index in [4.69, 9.17) is 23.2 Å². The zero-order valence-electron chi connectivity index (χ0n) is 16.5. The first kappa shape index (κ1) is 24.5. The summed E-state index contributed by atoms with van der Waals surface area (Å²) in [5, 5.41) is 12.7. The van der Waals surface area contributed by atoms with Gasteiger partial charge in [0.15, 0.2) is 4.33 Å². The molecule has 0 aliphatic heterocycles. The third-order valence-corrected chi connectivity index (χ3v) is 5.69. The van der Waals surface area contributed by atoms with E-state index < -0.39 is 38.9 Å². The SMILES string of the molecule is CC(Cl)(Cl)C(=O)N[C@H](CF)[C@H](O)c1ccc(-c2ccc(CCS(C)(=O)=O)nc2)cc1. The van der Waals surface area contributed by atoms with Crippen molar-refractivity contribution in [2.75, 3.05) is 18.7 Å². The number of amides is 1. The quantitative estimate of drug-likeness (QED) is 0.542. The number of rotatable bonds is 9. The number of carbonyl (C=O) groups excluding carboxylic acids is 1. The Morgan fingerprint density at radius 1 is 1.20 bits per heavy atom. The normalized spacial score (nSPS) is 14.2. The fourth-order valence-corrected chi connectivity index (χ4v) is 3.32. The van der Waals surface area contributed by atoms with Gasteiger partial charge in [-0.25, -0.2) is 12.8 Å². The number of nitrogens with zero attached hydrogens (tertiary/aromatic N) is 1. The Morgan fingerprint density at radius 2 is 1.80 bits per heavy atom. The molecule has 6 nitrogen and oxygen atoms in total. The zero-order chi connectivity index (χ0) is 22.5. The Hall–Kier alpha value is -1.74. The Balaban J connectivity index is 2.09. The molecule has 0 saturated heterocycles. The van der Waals surface area contributed by atoms with Crippen LogP contribution in [0.4, 0.5) is 4.39 Å². The van der Waals surface area contributed by atoms with Gasteiger partial charge in [-0.15, -0.1) is 0 Å².